The number of rotatable bonds is 13. The van der Waals surface area contributed by atoms with E-state index in [4.69, 9.17) is 4.74 Å². The van der Waals surface area contributed by atoms with Gasteiger partial charge in [0.1, 0.15) is 0 Å². The summed E-state index contributed by atoms with van der Waals surface area (Å²) in [7, 11) is 0. The average molecular weight is 470 g/mol. The lowest BCUT2D eigenvalue weighted by molar-refractivity contribution is 0.0348. The van der Waals surface area contributed by atoms with Crippen LogP contribution in [0.1, 0.15) is 91.3 Å². The van der Waals surface area contributed by atoms with Gasteiger partial charge in [-0.25, -0.2) is 0 Å². The van der Waals surface area contributed by atoms with Gasteiger partial charge in [-0.3, -0.25) is 19.4 Å². The highest BCUT2D eigenvalue weighted by Crippen LogP contribution is 2.24. The van der Waals surface area contributed by atoms with Crippen LogP contribution in [-0.2, 0) is 4.74 Å². The molecule has 6 nitrogen and oxygen atoms in total. The van der Waals surface area contributed by atoms with E-state index in [0.717, 1.165) is 45.2 Å². The van der Waals surface area contributed by atoms with Crippen LogP contribution < -0.4 is 0 Å². The molecular formula is C28H43N3O3. The molecule has 0 unspecified atom stereocenters. The maximum Gasteiger partial charge on any atom is 0.261 e. The minimum Gasteiger partial charge on any atom is -0.379 e. The molecule has 1 aromatic rings. The molecule has 188 valence electrons. The van der Waals surface area contributed by atoms with E-state index >= 15 is 0 Å². The molecule has 1 aromatic carbocycles. The highest BCUT2D eigenvalue weighted by Gasteiger charge is 2.34. The first-order chi connectivity index (χ1) is 16.7. The van der Waals surface area contributed by atoms with E-state index in [0.29, 0.717) is 17.7 Å². The maximum absolute atomic E-state index is 12.5. The van der Waals surface area contributed by atoms with Crippen molar-refractivity contribution < 1.29 is 14.3 Å². The van der Waals surface area contributed by atoms with Gasteiger partial charge in [0, 0.05) is 25.7 Å². The smallest absolute Gasteiger partial charge is 0.261 e. The molecule has 1 saturated heterocycles. The number of hydrogen-bond acceptors (Lipinski definition) is 5. The molecular weight excluding hydrogens is 426 g/mol. The first-order valence-corrected chi connectivity index (χ1v) is 13.7. The first-order valence-electron chi connectivity index (χ1n) is 13.7. The molecule has 4 rings (SSSR count). The van der Waals surface area contributed by atoms with Gasteiger partial charge in [-0.05, 0) is 63.9 Å². The molecule has 0 aromatic heterocycles. The monoisotopic (exact) mass is 469 g/mol. The summed E-state index contributed by atoms with van der Waals surface area (Å²) in [5.41, 5.74) is 1.12. The number of nitrogens with zero attached hydrogens (tertiary/aromatic N) is 3. The number of amides is 2. The highest BCUT2D eigenvalue weighted by molar-refractivity contribution is 6.21. The van der Waals surface area contributed by atoms with E-state index in [1.54, 1.807) is 12.1 Å². The van der Waals surface area contributed by atoms with Crippen molar-refractivity contribution in [3.8, 4) is 0 Å². The van der Waals surface area contributed by atoms with E-state index < -0.39 is 0 Å². The zero-order valence-corrected chi connectivity index (χ0v) is 20.9. The zero-order chi connectivity index (χ0) is 23.6. The van der Waals surface area contributed by atoms with Gasteiger partial charge in [0.25, 0.3) is 11.8 Å². The van der Waals surface area contributed by atoms with E-state index in [-0.39, 0.29) is 11.8 Å². The summed E-state index contributed by atoms with van der Waals surface area (Å²) < 4.78 is 5.48. The third-order valence-electron chi connectivity index (χ3n) is 7.82. The van der Waals surface area contributed by atoms with Crippen molar-refractivity contribution in [1.82, 2.24) is 14.7 Å². The van der Waals surface area contributed by atoms with Crippen LogP contribution in [-0.4, -0.2) is 85.0 Å². The largest absolute Gasteiger partial charge is 0.379 e. The van der Waals surface area contributed by atoms with Crippen molar-refractivity contribution in [1.29, 1.82) is 0 Å². The third kappa shape index (κ3) is 6.89. The number of ether oxygens (including phenoxy) is 1. The fourth-order valence-electron chi connectivity index (χ4n) is 5.80. The molecule has 0 atom stereocenters. The Kier molecular flexibility index (Phi) is 9.96. The molecule has 2 amide bonds. The second-order valence-electron chi connectivity index (χ2n) is 10.2. The number of morpholine rings is 1. The Balaban J connectivity index is 1.11. The topological polar surface area (TPSA) is 53.1 Å². The van der Waals surface area contributed by atoms with Gasteiger partial charge in [-0.2, -0.15) is 0 Å². The fourth-order valence-corrected chi connectivity index (χ4v) is 5.80. The Bertz CT molecular complexity index is 752. The zero-order valence-electron chi connectivity index (χ0n) is 20.9. The Hall–Kier alpha value is -1.76. The Morgan fingerprint density at radius 3 is 2.09 bits per heavy atom. The summed E-state index contributed by atoms with van der Waals surface area (Å²) in [5, 5.41) is 0. The Morgan fingerprint density at radius 1 is 0.765 bits per heavy atom. The lowest BCUT2D eigenvalue weighted by Gasteiger charge is -2.35. The van der Waals surface area contributed by atoms with Crippen molar-refractivity contribution in [2.24, 2.45) is 0 Å². The molecule has 0 radical (unpaired) electrons. The minimum atomic E-state index is -0.124. The lowest BCUT2D eigenvalue weighted by atomic mass is 9.93. The molecule has 0 N–H and O–H groups in total. The van der Waals surface area contributed by atoms with E-state index in [2.05, 4.69) is 9.80 Å². The number of carbonyl (C=O) groups excluding carboxylic acids is 2. The second-order valence-corrected chi connectivity index (χ2v) is 10.2. The molecule has 0 bridgehead atoms. The molecule has 0 spiro atoms. The molecule has 3 aliphatic rings. The molecule has 2 heterocycles. The number of unbranched alkanes of at least 4 members (excludes halogenated alkanes) is 4. The van der Waals surface area contributed by atoms with Crippen molar-refractivity contribution in [2.75, 3.05) is 52.5 Å². The molecule has 2 fully saturated rings. The Labute approximate surface area is 205 Å². The van der Waals surface area contributed by atoms with Crippen molar-refractivity contribution >= 4 is 11.8 Å². The summed E-state index contributed by atoms with van der Waals surface area (Å²) in [6.45, 7) is 8.13. The number of imide groups is 1. The van der Waals surface area contributed by atoms with Crippen LogP contribution in [0.25, 0.3) is 0 Å². The van der Waals surface area contributed by atoms with Crippen LogP contribution >= 0.6 is 0 Å². The summed E-state index contributed by atoms with van der Waals surface area (Å²) in [5.74, 6) is -0.249. The number of fused-ring (bicyclic) bond motifs is 1. The summed E-state index contributed by atoms with van der Waals surface area (Å²) in [6.07, 6.45) is 13.8. The quantitative estimate of drug-likeness (QED) is 0.312. The number of benzene rings is 1. The van der Waals surface area contributed by atoms with E-state index in [1.807, 2.05) is 12.1 Å². The van der Waals surface area contributed by atoms with Crippen LogP contribution in [0.2, 0.25) is 0 Å². The average Bonchev–Trinajstić information content (AvgIpc) is 3.13. The molecule has 34 heavy (non-hydrogen) atoms. The van der Waals surface area contributed by atoms with Crippen LogP contribution in [0.3, 0.4) is 0 Å². The highest BCUT2D eigenvalue weighted by atomic mass is 16.5. The Morgan fingerprint density at radius 2 is 1.38 bits per heavy atom. The fraction of sp³-hybridized carbons (Fsp3) is 0.714. The van der Waals surface area contributed by atoms with Gasteiger partial charge >= 0.3 is 0 Å². The standard InChI is InChI=1S/C28H43N3O3/c32-27-25-14-7-8-15-26(25)28(33)31(27)19-10-3-1-2-9-17-30(24-12-5-4-6-13-24)18-11-16-29-20-22-34-23-21-29/h7-8,14-15,24H,1-6,9-13,16-23H2. The number of carbonyl (C=O) groups is 2. The lowest BCUT2D eigenvalue weighted by Crippen LogP contribution is -2.41. The number of hydrogen-bond donors (Lipinski definition) is 0. The first kappa shape index (κ1) is 25.3. The summed E-state index contributed by atoms with van der Waals surface area (Å²) in [4.78, 5) is 31.7. The van der Waals surface area contributed by atoms with Crippen LogP contribution in [0.15, 0.2) is 24.3 Å². The van der Waals surface area contributed by atoms with Gasteiger partial charge in [0.15, 0.2) is 0 Å². The predicted molar refractivity (Wildman–Crippen MR) is 135 cm³/mol. The van der Waals surface area contributed by atoms with Gasteiger partial charge in [0.05, 0.1) is 24.3 Å². The summed E-state index contributed by atoms with van der Waals surface area (Å²) >= 11 is 0. The van der Waals surface area contributed by atoms with Crippen molar-refractivity contribution in [3.63, 3.8) is 0 Å². The maximum atomic E-state index is 12.5. The van der Waals surface area contributed by atoms with E-state index in [9.17, 15) is 9.59 Å². The SMILES string of the molecule is O=C1c2ccccc2C(=O)N1CCCCCCCN(CCCN1CCOCC1)C1CCCCC1. The predicted octanol–water partition coefficient (Wildman–Crippen LogP) is 4.59. The van der Waals surface area contributed by atoms with Gasteiger partial charge in [-0.15, -0.1) is 0 Å². The molecule has 2 aliphatic heterocycles. The third-order valence-corrected chi connectivity index (χ3v) is 7.82. The molecule has 1 aliphatic carbocycles. The van der Waals surface area contributed by atoms with Crippen molar-refractivity contribution in [3.05, 3.63) is 35.4 Å². The minimum absolute atomic E-state index is 0.124. The van der Waals surface area contributed by atoms with Gasteiger partial charge in [0.2, 0.25) is 0 Å². The second kappa shape index (κ2) is 13.4. The summed E-state index contributed by atoms with van der Waals surface area (Å²) in [6, 6.07) is 7.95. The van der Waals surface area contributed by atoms with Crippen LogP contribution in [0.4, 0.5) is 0 Å². The van der Waals surface area contributed by atoms with Crippen molar-refractivity contribution in [2.45, 2.75) is 76.7 Å². The van der Waals surface area contributed by atoms with Gasteiger partial charge < -0.3 is 9.64 Å². The van der Waals surface area contributed by atoms with Gasteiger partial charge in [-0.1, -0.05) is 50.7 Å². The van der Waals surface area contributed by atoms with E-state index in [1.165, 1.54) is 82.3 Å². The van der Waals surface area contributed by atoms with Crippen LogP contribution in [0.5, 0.6) is 0 Å². The molecule has 6 heteroatoms. The van der Waals surface area contributed by atoms with Crippen LogP contribution in [0, 0.1) is 0 Å². The normalized spacial score (nSPS) is 19.9. The molecule has 1 saturated carbocycles.